The van der Waals surface area contributed by atoms with Crippen molar-refractivity contribution in [1.29, 1.82) is 10.5 Å². The highest BCUT2D eigenvalue weighted by Gasteiger charge is 2.17. The zero-order chi connectivity index (χ0) is 17.1. The number of nitrogens with zero attached hydrogens (tertiary/aromatic N) is 4. The van der Waals surface area contributed by atoms with Gasteiger partial charge in [0.15, 0.2) is 0 Å². The number of hydrogen-bond acceptors (Lipinski definition) is 4. The smallest absolute Gasteiger partial charge is 0.236 e. The second-order valence-electron chi connectivity index (χ2n) is 5.09. The summed E-state index contributed by atoms with van der Waals surface area (Å²) >= 11 is 6.17. The average Bonchev–Trinajstić information content (AvgIpc) is 2.56. The Morgan fingerprint density at radius 3 is 2.30 bits per heavy atom. The van der Waals surface area contributed by atoms with Crippen LogP contribution in [0.5, 0.6) is 0 Å². The minimum Gasteiger partial charge on any atom is -0.340 e. The number of likely N-dealkylation sites (N-methyl/N-ethyl adjacent to an activating group) is 1. The fourth-order valence-corrected chi connectivity index (χ4v) is 2.36. The molecule has 0 unspecified atom stereocenters. The van der Waals surface area contributed by atoms with Gasteiger partial charge in [0, 0.05) is 24.7 Å². The van der Waals surface area contributed by atoms with Crippen LogP contribution in [0.15, 0.2) is 24.3 Å². The van der Waals surface area contributed by atoms with E-state index >= 15 is 0 Å². The van der Waals surface area contributed by atoms with E-state index in [1.165, 1.54) is 0 Å². The molecule has 0 bridgehead atoms. The zero-order valence-corrected chi connectivity index (χ0v) is 14.1. The molecule has 0 atom stereocenters. The first-order chi connectivity index (χ1) is 11.1. The maximum atomic E-state index is 12.4. The Hall–Kier alpha value is -2.08. The molecule has 0 spiro atoms. The number of carbonyl (C=O) groups is 1. The van der Waals surface area contributed by atoms with Crippen LogP contribution in [0.2, 0.25) is 5.02 Å². The van der Waals surface area contributed by atoms with E-state index in [0.29, 0.717) is 31.2 Å². The van der Waals surface area contributed by atoms with Gasteiger partial charge < -0.3 is 4.90 Å². The van der Waals surface area contributed by atoms with E-state index in [-0.39, 0.29) is 25.3 Å². The van der Waals surface area contributed by atoms with Crippen molar-refractivity contribution in [2.75, 3.05) is 26.2 Å². The van der Waals surface area contributed by atoms with Crippen LogP contribution in [0, 0.1) is 22.7 Å². The standard InChI is InChI=1S/C17H21ClN4O/c1-2-21(13-15-7-3-4-8-16(15)18)14-17(23)22(11-5-9-19)12-6-10-20/h3-4,7-8H,2,5-6,11-14H2,1H3. The van der Waals surface area contributed by atoms with Crippen molar-refractivity contribution in [3.63, 3.8) is 0 Å². The maximum absolute atomic E-state index is 12.4. The monoisotopic (exact) mass is 332 g/mol. The lowest BCUT2D eigenvalue weighted by molar-refractivity contribution is -0.132. The Balaban J connectivity index is 2.68. The van der Waals surface area contributed by atoms with Gasteiger partial charge in [0.2, 0.25) is 5.91 Å². The van der Waals surface area contributed by atoms with Crippen molar-refractivity contribution in [2.45, 2.75) is 26.3 Å². The molecular formula is C17H21ClN4O. The Morgan fingerprint density at radius 2 is 1.78 bits per heavy atom. The molecule has 0 aromatic heterocycles. The molecule has 0 fully saturated rings. The summed E-state index contributed by atoms with van der Waals surface area (Å²) in [5.74, 6) is -0.0654. The summed E-state index contributed by atoms with van der Waals surface area (Å²) < 4.78 is 0. The fraction of sp³-hybridized carbons (Fsp3) is 0.471. The minimum absolute atomic E-state index is 0.0654. The molecule has 23 heavy (non-hydrogen) atoms. The normalized spacial score (nSPS) is 10.1. The molecule has 1 rings (SSSR count). The van der Waals surface area contributed by atoms with Crippen molar-refractivity contribution >= 4 is 17.5 Å². The molecule has 5 nitrogen and oxygen atoms in total. The second kappa shape index (κ2) is 10.6. The molecule has 122 valence electrons. The first-order valence-electron chi connectivity index (χ1n) is 7.59. The predicted molar refractivity (Wildman–Crippen MR) is 89.4 cm³/mol. The van der Waals surface area contributed by atoms with Gasteiger partial charge in [-0.15, -0.1) is 0 Å². The zero-order valence-electron chi connectivity index (χ0n) is 13.3. The third-order valence-corrected chi connectivity index (χ3v) is 3.87. The van der Waals surface area contributed by atoms with Gasteiger partial charge in [0.1, 0.15) is 0 Å². The van der Waals surface area contributed by atoms with Crippen LogP contribution in [-0.2, 0) is 11.3 Å². The Kier molecular flexibility index (Phi) is 8.75. The topological polar surface area (TPSA) is 71.1 Å². The van der Waals surface area contributed by atoms with E-state index in [1.54, 1.807) is 4.90 Å². The fourth-order valence-electron chi connectivity index (χ4n) is 2.17. The quantitative estimate of drug-likeness (QED) is 0.697. The third kappa shape index (κ3) is 6.69. The number of nitriles is 2. The van der Waals surface area contributed by atoms with Crippen LogP contribution in [0.25, 0.3) is 0 Å². The lowest BCUT2D eigenvalue weighted by Gasteiger charge is -2.26. The van der Waals surface area contributed by atoms with E-state index in [4.69, 9.17) is 22.1 Å². The number of amides is 1. The number of carbonyl (C=O) groups excluding carboxylic acids is 1. The number of benzene rings is 1. The summed E-state index contributed by atoms with van der Waals surface area (Å²) in [6.45, 7) is 4.26. The van der Waals surface area contributed by atoms with Gasteiger partial charge in [-0.05, 0) is 18.2 Å². The number of rotatable bonds is 9. The Bertz CT molecular complexity index is 573. The summed E-state index contributed by atoms with van der Waals surface area (Å²) in [5, 5.41) is 18.1. The second-order valence-corrected chi connectivity index (χ2v) is 5.50. The van der Waals surface area contributed by atoms with E-state index in [0.717, 1.165) is 5.56 Å². The third-order valence-electron chi connectivity index (χ3n) is 3.50. The highest BCUT2D eigenvalue weighted by molar-refractivity contribution is 6.31. The summed E-state index contributed by atoms with van der Waals surface area (Å²) in [4.78, 5) is 16.0. The molecule has 1 amide bonds. The van der Waals surface area contributed by atoms with Crippen LogP contribution < -0.4 is 0 Å². The largest absolute Gasteiger partial charge is 0.340 e. The average molecular weight is 333 g/mol. The lowest BCUT2D eigenvalue weighted by Crippen LogP contribution is -2.41. The van der Waals surface area contributed by atoms with Gasteiger partial charge in [-0.2, -0.15) is 10.5 Å². The molecule has 0 aliphatic rings. The molecule has 0 aliphatic carbocycles. The van der Waals surface area contributed by atoms with Gasteiger partial charge >= 0.3 is 0 Å². The Labute approximate surface area is 142 Å². The van der Waals surface area contributed by atoms with Crippen molar-refractivity contribution in [3.8, 4) is 12.1 Å². The molecule has 0 heterocycles. The van der Waals surface area contributed by atoms with Gasteiger partial charge in [-0.3, -0.25) is 9.69 Å². The first-order valence-corrected chi connectivity index (χ1v) is 7.97. The van der Waals surface area contributed by atoms with Crippen LogP contribution in [0.4, 0.5) is 0 Å². The highest BCUT2D eigenvalue weighted by Crippen LogP contribution is 2.17. The lowest BCUT2D eigenvalue weighted by atomic mass is 10.2. The van der Waals surface area contributed by atoms with Gasteiger partial charge in [-0.25, -0.2) is 0 Å². The molecule has 1 aromatic carbocycles. The highest BCUT2D eigenvalue weighted by atomic mass is 35.5. The Morgan fingerprint density at radius 1 is 1.17 bits per heavy atom. The molecule has 0 saturated carbocycles. The number of halogens is 1. The van der Waals surface area contributed by atoms with Crippen molar-refractivity contribution in [3.05, 3.63) is 34.9 Å². The first kappa shape index (κ1) is 19.0. The van der Waals surface area contributed by atoms with Crippen molar-refractivity contribution in [2.24, 2.45) is 0 Å². The summed E-state index contributed by atoms with van der Waals surface area (Å²) in [6.07, 6.45) is 0.543. The van der Waals surface area contributed by atoms with Crippen molar-refractivity contribution < 1.29 is 4.79 Å². The molecule has 1 aromatic rings. The SMILES string of the molecule is CCN(CC(=O)N(CCC#N)CCC#N)Cc1ccccc1Cl. The van der Waals surface area contributed by atoms with E-state index in [2.05, 4.69) is 0 Å². The van der Waals surface area contributed by atoms with Gasteiger partial charge in [-0.1, -0.05) is 36.7 Å². The van der Waals surface area contributed by atoms with E-state index in [1.807, 2.05) is 48.2 Å². The maximum Gasteiger partial charge on any atom is 0.236 e. The summed E-state index contributed by atoms with van der Waals surface area (Å²) in [6, 6.07) is 11.6. The molecule has 6 heteroatoms. The predicted octanol–water partition coefficient (Wildman–Crippen LogP) is 2.82. The van der Waals surface area contributed by atoms with Crippen molar-refractivity contribution in [1.82, 2.24) is 9.80 Å². The molecule has 0 saturated heterocycles. The van der Waals surface area contributed by atoms with Crippen LogP contribution in [0.3, 0.4) is 0 Å². The van der Waals surface area contributed by atoms with Gasteiger partial charge in [0.05, 0.1) is 31.5 Å². The van der Waals surface area contributed by atoms with E-state index in [9.17, 15) is 4.79 Å². The van der Waals surface area contributed by atoms with Gasteiger partial charge in [0.25, 0.3) is 0 Å². The molecule has 0 N–H and O–H groups in total. The summed E-state index contributed by atoms with van der Waals surface area (Å²) in [5.41, 5.74) is 0.976. The van der Waals surface area contributed by atoms with Crippen LogP contribution in [-0.4, -0.2) is 41.9 Å². The molecular weight excluding hydrogens is 312 g/mol. The summed E-state index contributed by atoms with van der Waals surface area (Å²) in [7, 11) is 0. The van der Waals surface area contributed by atoms with E-state index < -0.39 is 0 Å². The minimum atomic E-state index is -0.0654. The molecule has 0 radical (unpaired) electrons. The molecule has 0 aliphatic heterocycles. The van der Waals surface area contributed by atoms with Crippen LogP contribution in [0.1, 0.15) is 25.3 Å². The number of hydrogen-bond donors (Lipinski definition) is 0. The van der Waals surface area contributed by atoms with Crippen LogP contribution >= 0.6 is 11.6 Å².